The topological polar surface area (TPSA) is 50.4 Å². The predicted molar refractivity (Wildman–Crippen MR) is 89.0 cm³/mol. The van der Waals surface area contributed by atoms with E-state index in [9.17, 15) is 4.79 Å². The molecule has 1 aromatic rings. The summed E-state index contributed by atoms with van der Waals surface area (Å²) in [5.41, 5.74) is 1.01. The van der Waals surface area contributed by atoms with E-state index in [1.165, 1.54) is 0 Å². The van der Waals surface area contributed by atoms with E-state index in [-0.39, 0.29) is 24.2 Å². The number of ether oxygens (including phenoxy) is 1. The Balaban J connectivity index is 0.00000400. The summed E-state index contributed by atoms with van der Waals surface area (Å²) in [6.45, 7) is 8.00. The van der Waals surface area contributed by atoms with Crippen LogP contribution in [-0.4, -0.2) is 26.1 Å². The van der Waals surface area contributed by atoms with E-state index in [0.717, 1.165) is 11.3 Å². The molecule has 0 radical (unpaired) electrons. The van der Waals surface area contributed by atoms with Crippen molar-refractivity contribution in [1.82, 2.24) is 10.6 Å². The molecule has 1 atom stereocenters. The molecule has 5 heteroatoms. The van der Waals surface area contributed by atoms with Gasteiger partial charge < -0.3 is 15.4 Å². The van der Waals surface area contributed by atoms with Crippen LogP contribution in [0.25, 0.3) is 0 Å². The number of amides is 1. The Morgan fingerprint density at radius 1 is 1.24 bits per heavy atom. The third-order valence-corrected chi connectivity index (χ3v) is 2.96. The van der Waals surface area contributed by atoms with Crippen molar-refractivity contribution in [3.63, 3.8) is 0 Å². The number of halogens is 1. The molecule has 1 aromatic carbocycles. The van der Waals surface area contributed by atoms with Crippen LogP contribution in [0.1, 0.15) is 26.3 Å². The summed E-state index contributed by atoms with van der Waals surface area (Å²) >= 11 is 0. The first kappa shape index (κ1) is 19.7. The average molecular weight is 315 g/mol. The molecule has 1 rings (SSSR count). The number of hydrogen-bond acceptors (Lipinski definition) is 3. The second-order valence-electron chi connectivity index (χ2n) is 5.49. The van der Waals surface area contributed by atoms with Gasteiger partial charge in [0.25, 0.3) is 0 Å². The molecule has 0 saturated heterocycles. The van der Waals surface area contributed by atoms with Gasteiger partial charge in [-0.25, -0.2) is 0 Å². The molecular weight excluding hydrogens is 288 g/mol. The highest BCUT2D eigenvalue weighted by Gasteiger charge is 2.12. The fourth-order valence-electron chi connectivity index (χ4n) is 1.80. The SMILES string of the molecule is CNCC(C)C(=O)NCc1ccccc1OCC(C)C.Cl. The molecule has 0 aliphatic heterocycles. The lowest BCUT2D eigenvalue weighted by Crippen LogP contribution is -2.34. The van der Waals surface area contributed by atoms with Crippen molar-refractivity contribution in [2.24, 2.45) is 11.8 Å². The second kappa shape index (κ2) is 10.5. The number of carbonyl (C=O) groups is 1. The van der Waals surface area contributed by atoms with Gasteiger partial charge in [0.15, 0.2) is 0 Å². The molecule has 4 nitrogen and oxygen atoms in total. The fraction of sp³-hybridized carbons (Fsp3) is 0.562. The Morgan fingerprint density at radius 2 is 1.90 bits per heavy atom. The van der Waals surface area contributed by atoms with Crippen molar-refractivity contribution in [1.29, 1.82) is 0 Å². The van der Waals surface area contributed by atoms with Crippen molar-refractivity contribution in [3.8, 4) is 5.75 Å². The molecular formula is C16H27ClN2O2. The molecule has 0 aromatic heterocycles. The minimum absolute atomic E-state index is 0. The van der Waals surface area contributed by atoms with Crippen LogP contribution in [0.3, 0.4) is 0 Å². The first-order valence-corrected chi connectivity index (χ1v) is 7.17. The molecule has 0 fully saturated rings. The minimum Gasteiger partial charge on any atom is -0.493 e. The van der Waals surface area contributed by atoms with Gasteiger partial charge in [0.05, 0.1) is 6.61 Å². The molecule has 0 aliphatic carbocycles. The molecule has 0 aliphatic rings. The van der Waals surface area contributed by atoms with Crippen LogP contribution in [0.4, 0.5) is 0 Å². The summed E-state index contributed by atoms with van der Waals surface area (Å²) in [5, 5.41) is 5.96. The number of nitrogens with one attached hydrogen (secondary N) is 2. The Hall–Kier alpha value is -1.26. The molecule has 0 heterocycles. The minimum atomic E-state index is -0.0382. The monoisotopic (exact) mass is 314 g/mol. The summed E-state index contributed by atoms with van der Waals surface area (Å²) in [6, 6.07) is 7.84. The van der Waals surface area contributed by atoms with E-state index in [2.05, 4.69) is 24.5 Å². The third-order valence-electron chi connectivity index (χ3n) is 2.96. The van der Waals surface area contributed by atoms with Crippen LogP contribution in [0.15, 0.2) is 24.3 Å². The lowest BCUT2D eigenvalue weighted by atomic mass is 10.1. The normalized spacial score (nSPS) is 11.7. The maximum atomic E-state index is 11.9. The third kappa shape index (κ3) is 7.34. The molecule has 0 bridgehead atoms. The van der Waals surface area contributed by atoms with E-state index in [1.807, 2.05) is 38.2 Å². The van der Waals surface area contributed by atoms with E-state index < -0.39 is 0 Å². The Labute approximate surface area is 134 Å². The number of rotatable bonds is 8. The molecule has 0 saturated carbocycles. The molecule has 1 amide bonds. The van der Waals surface area contributed by atoms with E-state index in [1.54, 1.807) is 0 Å². The number of para-hydroxylation sites is 1. The van der Waals surface area contributed by atoms with E-state index in [0.29, 0.717) is 25.6 Å². The predicted octanol–water partition coefficient (Wildman–Crippen LogP) is 2.61. The highest BCUT2D eigenvalue weighted by atomic mass is 35.5. The summed E-state index contributed by atoms with van der Waals surface area (Å²) in [7, 11) is 1.85. The summed E-state index contributed by atoms with van der Waals surface area (Å²) in [6.07, 6.45) is 0. The second-order valence-corrected chi connectivity index (χ2v) is 5.49. The van der Waals surface area contributed by atoms with Gasteiger partial charge in [-0.05, 0) is 19.0 Å². The largest absolute Gasteiger partial charge is 0.493 e. The molecule has 21 heavy (non-hydrogen) atoms. The van der Waals surface area contributed by atoms with Crippen molar-refractivity contribution in [3.05, 3.63) is 29.8 Å². The van der Waals surface area contributed by atoms with Gasteiger partial charge in [-0.3, -0.25) is 4.79 Å². The number of benzene rings is 1. The van der Waals surface area contributed by atoms with Gasteiger partial charge in [0, 0.05) is 24.6 Å². The zero-order valence-corrected chi connectivity index (χ0v) is 14.1. The summed E-state index contributed by atoms with van der Waals surface area (Å²) < 4.78 is 5.78. The van der Waals surface area contributed by atoms with E-state index >= 15 is 0 Å². The highest BCUT2D eigenvalue weighted by Crippen LogP contribution is 2.18. The average Bonchev–Trinajstić information content (AvgIpc) is 2.43. The molecule has 0 spiro atoms. The maximum Gasteiger partial charge on any atom is 0.224 e. The van der Waals surface area contributed by atoms with Gasteiger partial charge in [0.2, 0.25) is 5.91 Å². The van der Waals surface area contributed by atoms with Crippen molar-refractivity contribution >= 4 is 18.3 Å². The zero-order valence-electron chi connectivity index (χ0n) is 13.3. The Kier molecular flexibility index (Phi) is 9.84. The smallest absolute Gasteiger partial charge is 0.224 e. The van der Waals surface area contributed by atoms with Crippen LogP contribution in [0.2, 0.25) is 0 Å². The highest BCUT2D eigenvalue weighted by molar-refractivity contribution is 5.85. The molecule has 120 valence electrons. The van der Waals surface area contributed by atoms with Crippen molar-refractivity contribution in [2.45, 2.75) is 27.3 Å². The van der Waals surface area contributed by atoms with Gasteiger partial charge in [-0.15, -0.1) is 12.4 Å². The summed E-state index contributed by atoms with van der Waals surface area (Å²) in [5.74, 6) is 1.35. The fourth-order valence-corrected chi connectivity index (χ4v) is 1.80. The zero-order chi connectivity index (χ0) is 15.0. The van der Waals surface area contributed by atoms with Gasteiger partial charge in [-0.2, -0.15) is 0 Å². The first-order chi connectivity index (χ1) is 9.54. The number of carbonyl (C=O) groups excluding carboxylic acids is 1. The van der Waals surface area contributed by atoms with Gasteiger partial charge in [0.1, 0.15) is 5.75 Å². The van der Waals surface area contributed by atoms with Crippen LogP contribution < -0.4 is 15.4 Å². The van der Waals surface area contributed by atoms with Crippen LogP contribution >= 0.6 is 12.4 Å². The van der Waals surface area contributed by atoms with Crippen LogP contribution in [0, 0.1) is 11.8 Å². The lowest BCUT2D eigenvalue weighted by molar-refractivity contribution is -0.124. The quantitative estimate of drug-likeness (QED) is 0.775. The summed E-state index contributed by atoms with van der Waals surface area (Å²) in [4.78, 5) is 11.9. The lowest BCUT2D eigenvalue weighted by Gasteiger charge is -2.15. The van der Waals surface area contributed by atoms with Gasteiger partial charge in [-0.1, -0.05) is 39.0 Å². The van der Waals surface area contributed by atoms with E-state index in [4.69, 9.17) is 4.74 Å². The van der Waals surface area contributed by atoms with Crippen LogP contribution in [-0.2, 0) is 11.3 Å². The standard InChI is InChI=1S/C16H26N2O2.ClH/c1-12(2)11-20-15-8-6-5-7-14(15)10-18-16(19)13(3)9-17-4;/h5-8,12-13,17H,9-11H2,1-4H3,(H,18,19);1H. The van der Waals surface area contributed by atoms with Crippen molar-refractivity contribution in [2.75, 3.05) is 20.2 Å². The molecule has 2 N–H and O–H groups in total. The number of hydrogen-bond donors (Lipinski definition) is 2. The Bertz CT molecular complexity index is 424. The molecule has 1 unspecified atom stereocenters. The van der Waals surface area contributed by atoms with Crippen LogP contribution in [0.5, 0.6) is 5.75 Å². The Morgan fingerprint density at radius 3 is 2.52 bits per heavy atom. The van der Waals surface area contributed by atoms with Gasteiger partial charge >= 0.3 is 0 Å². The maximum absolute atomic E-state index is 11.9. The van der Waals surface area contributed by atoms with Crippen molar-refractivity contribution < 1.29 is 9.53 Å². The first-order valence-electron chi connectivity index (χ1n) is 7.17.